The van der Waals surface area contributed by atoms with Crippen molar-refractivity contribution in [2.24, 2.45) is 0 Å². The van der Waals surface area contributed by atoms with Crippen molar-refractivity contribution in [3.8, 4) is 23.0 Å². The zero-order chi connectivity index (χ0) is 20.1. The Hall–Kier alpha value is -3.00. The fraction of sp³-hybridized carbons (Fsp3) is 0.250. The number of methoxy groups -OCH3 is 2. The van der Waals surface area contributed by atoms with Crippen molar-refractivity contribution in [3.63, 3.8) is 0 Å². The van der Waals surface area contributed by atoms with Crippen LogP contribution in [0.25, 0.3) is 11.5 Å². The Morgan fingerprint density at radius 3 is 2.54 bits per heavy atom. The van der Waals surface area contributed by atoms with Gasteiger partial charge in [0.15, 0.2) is 0 Å². The molecular formula is C20H21N3O4S. The van der Waals surface area contributed by atoms with Gasteiger partial charge in [-0.3, -0.25) is 4.79 Å². The predicted octanol–water partition coefficient (Wildman–Crippen LogP) is 4.18. The van der Waals surface area contributed by atoms with E-state index in [1.165, 1.54) is 11.8 Å². The van der Waals surface area contributed by atoms with Gasteiger partial charge in [0.2, 0.25) is 5.91 Å². The van der Waals surface area contributed by atoms with Crippen molar-refractivity contribution in [2.75, 3.05) is 19.5 Å². The summed E-state index contributed by atoms with van der Waals surface area (Å²) in [6, 6.07) is 12.9. The van der Waals surface area contributed by atoms with E-state index in [-0.39, 0.29) is 5.91 Å². The van der Waals surface area contributed by atoms with Gasteiger partial charge < -0.3 is 19.2 Å². The van der Waals surface area contributed by atoms with E-state index in [2.05, 4.69) is 15.5 Å². The number of ether oxygens (including phenoxy) is 2. The highest BCUT2D eigenvalue weighted by Crippen LogP contribution is 2.34. The van der Waals surface area contributed by atoms with E-state index in [1.54, 1.807) is 39.3 Å². The summed E-state index contributed by atoms with van der Waals surface area (Å²) in [6.45, 7) is 3.78. The first kappa shape index (κ1) is 19.8. The second-order valence-electron chi connectivity index (χ2n) is 6.05. The summed E-state index contributed by atoms with van der Waals surface area (Å²) >= 11 is 1.19. The van der Waals surface area contributed by atoms with Gasteiger partial charge >= 0.3 is 0 Å². The molecule has 0 unspecified atom stereocenters. The van der Waals surface area contributed by atoms with Gasteiger partial charge in [0.1, 0.15) is 11.5 Å². The number of amides is 1. The molecule has 8 heteroatoms. The molecule has 3 aromatic rings. The van der Waals surface area contributed by atoms with Gasteiger partial charge in [-0.15, -0.1) is 10.2 Å². The highest BCUT2D eigenvalue weighted by Gasteiger charge is 2.20. The number of benzene rings is 2. The van der Waals surface area contributed by atoms with Crippen molar-refractivity contribution >= 4 is 23.4 Å². The fourth-order valence-corrected chi connectivity index (χ4v) is 3.11. The maximum Gasteiger partial charge on any atom is 0.277 e. The van der Waals surface area contributed by atoms with E-state index in [1.807, 2.05) is 31.2 Å². The molecule has 0 fully saturated rings. The molecule has 0 aliphatic carbocycles. The number of rotatable bonds is 7. The Morgan fingerprint density at radius 2 is 1.86 bits per heavy atom. The minimum Gasteiger partial charge on any atom is -0.497 e. The van der Waals surface area contributed by atoms with Crippen LogP contribution in [0.15, 0.2) is 52.1 Å². The molecular weight excluding hydrogens is 378 g/mol. The molecule has 0 spiro atoms. The number of aromatic nitrogens is 2. The standard InChI is InChI=1S/C20H21N3O4S/c1-12-5-7-14(8-6-12)21-18(24)13(2)28-20-23-22-19(27-20)16-10-9-15(25-3)11-17(16)26-4/h5-11,13H,1-4H3,(H,21,24)/t13-/m0/s1. The average Bonchev–Trinajstić information content (AvgIpc) is 3.17. The number of thioether (sulfide) groups is 1. The van der Waals surface area contributed by atoms with E-state index >= 15 is 0 Å². The summed E-state index contributed by atoms with van der Waals surface area (Å²) in [4.78, 5) is 12.4. The van der Waals surface area contributed by atoms with E-state index in [4.69, 9.17) is 13.9 Å². The minimum absolute atomic E-state index is 0.143. The first-order chi connectivity index (χ1) is 13.5. The molecule has 0 radical (unpaired) electrons. The molecule has 0 aliphatic heterocycles. The van der Waals surface area contributed by atoms with E-state index in [9.17, 15) is 4.79 Å². The summed E-state index contributed by atoms with van der Waals surface area (Å²) < 4.78 is 16.3. The SMILES string of the molecule is COc1ccc(-c2nnc(S[C@@H](C)C(=O)Nc3ccc(C)cc3)o2)c(OC)c1. The van der Waals surface area contributed by atoms with Crippen LogP contribution in [0.2, 0.25) is 0 Å². The summed E-state index contributed by atoms with van der Waals surface area (Å²) in [5.74, 6) is 1.39. The number of carbonyl (C=O) groups excluding carboxylic acids is 1. The minimum atomic E-state index is -0.410. The van der Waals surface area contributed by atoms with Crippen molar-refractivity contribution in [1.29, 1.82) is 0 Å². The van der Waals surface area contributed by atoms with Crippen LogP contribution in [0.4, 0.5) is 5.69 Å². The molecule has 3 rings (SSSR count). The van der Waals surface area contributed by atoms with Gasteiger partial charge in [-0.05, 0) is 38.1 Å². The third-order valence-corrected chi connectivity index (χ3v) is 4.95. The number of carbonyl (C=O) groups is 1. The molecule has 0 bridgehead atoms. The molecule has 0 saturated carbocycles. The van der Waals surface area contributed by atoms with Crippen LogP contribution in [-0.2, 0) is 4.79 Å². The van der Waals surface area contributed by atoms with Gasteiger partial charge in [-0.1, -0.05) is 29.5 Å². The fourth-order valence-electron chi connectivity index (χ4n) is 2.43. The summed E-state index contributed by atoms with van der Waals surface area (Å²) in [5, 5.41) is 10.9. The number of aryl methyl sites for hydroxylation is 1. The first-order valence-electron chi connectivity index (χ1n) is 8.60. The highest BCUT2D eigenvalue weighted by atomic mass is 32.2. The number of hydrogen-bond acceptors (Lipinski definition) is 7. The molecule has 1 heterocycles. The van der Waals surface area contributed by atoms with Crippen LogP contribution >= 0.6 is 11.8 Å². The maximum absolute atomic E-state index is 12.4. The monoisotopic (exact) mass is 399 g/mol. The lowest BCUT2D eigenvalue weighted by atomic mass is 10.2. The zero-order valence-corrected chi connectivity index (χ0v) is 16.9. The van der Waals surface area contributed by atoms with E-state index in [0.717, 1.165) is 11.3 Å². The van der Waals surface area contributed by atoms with Gasteiger partial charge in [-0.25, -0.2) is 0 Å². The molecule has 0 aliphatic rings. The topological polar surface area (TPSA) is 86.5 Å². The second kappa shape index (κ2) is 8.79. The van der Waals surface area contributed by atoms with Crippen molar-refractivity contribution in [3.05, 3.63) is 48.0 Å². The number of hydrogen-bond donors (Lipinski definition) is 1. The van der Waals surface area contributed by atoms with Crippen LogP contribution in [0.5, 0.6) is 11.5 Å². The number of nitrogens with zero attached hydrogens (tertiary/aromatic N) is 2. The van der Waals surface area contributed by atoms with Gasteiger partial charge in [0.05, 0.1) is 25.0 Å². The third-order valence-electron chi connectivity index (χ3n) is 4.01. The second-order valence-corrected chi connectivity index (χ2v) is 7.35. The van der Waals surface area contributed by atoms with E-state index < -0.39 is 5.25 Å². The Morgan fingerprint density at radius 1 is 1.11 bits per heavy atom. The van der Waals surface area contributed by atoms with Crippen LogP contribution < -0.4 is 14.8 Å². The lowest BCUT2D eigenvalue weighted by molar-refractivity contribution is -0.115. The summed E-state index contributed by atoms with van der Waals surface area (Å²) in [7, 11) is 3.14. The molecule has 146 valence electrons. The Labute approximate surface area is 167 Å². The largest absolute Gasteiger partial charge is 0.497 e. The van der Waals surface area contributed by atoms with Gasteiger partial charge in [0.25, 0.3) is 11.1 Å². The summed E-state index contributed by atoms with van der Waals surface area (Å²) in [6.07, 6.45) is 0. The van der Waals surface area contributed by atoms with Crippen LogP contribution in [0.1, 0.15) is 12.5 Å². The number of nitrogens with one attached hydrogen (secondary N) is 1. The lowest BCUT2D eigenvalue weighted by Crippen LogP contribution is -2.22. The van der Waals surface area contributed by atoms with Crippen molar-refractivity contribution in [1.82, 2.24) is 10.2 Å². The van der Waals surface area contributed by atoms with Crippen LogP contribution in [0.3, 0.4) is 0 Å². The lowest BCUT2D eigenvalue weighted by Gasteiger charge is -2.10. The zero-order valence-electron chi connectivity index (χ0n) is 16.1. The Bertz CT molecular complexity index is 956. The molecule has 7 nitrogen and oxygen atoms in total. The van der Waals surface area contributed by atoms with Crippen LogP contribution in [-0.4, -0.2) is 35.6 Å². The van der Waals surface area contributed by atoms with Gasteiger partial charge in [0, 0.05) is 11.8 Å². The smallest absolute Gasteiger partial charge is 0.277 e. The average molecular weight is 399 g/mol. The Balaban J connectivity index is 1.68. The molecule has 2 aromatic carbocycles. The molecule has 1 amide bonds. The molecule has 0 saturated heterocycles. The summed E-state index contributed by atoms with van der Waals surface area (Å²) in [5.41, 5.74) is 2.53. The highest BCUT2D eigenvalue weighted by molar-refractivity contribution is 8.00. The van der Waals surface area contributed by atoms with Crippen molar-refractivity contribution in [2.45, 2.75) is 24.3 Å². The first-order valence-corrected chi connectivity index (χ1v) is 9.48. The van der Waals surface area contributed by atoms with Crippen LogP contribution in [0, 0.1) is 6.92 Å². The predicted molar refractivity (Wildman–Crippen MR) is 108 cm³/mol. The third kappa shape index (κ3) is 4.64. The number of anilines is 1. The van der Waals surface area contributed by atoms with Crippen molar-refractivity contribution < 1.29 is 18.7 Å². The maximum atomic E-state index is 12.4. The molecule has 1 N–H and O–H groups in total. The molecule has 1 aromatic heterocycles. The normalized spacial score (nSPS) is 11.7. The Kier molecular flexibility index (Phi) is 6.20. The molecule has 1 atom stereocenters. The van der Waals surface area contributed by atoms with E-state index in [0.29, 0.717) is 28.2 Å². The van der Waals surface area contributed by atoms with Gasteiger partial charge in [-0.2, -0.15) is 0 Å². The quantitative estimate of drug-likeness (QED) is 0.596. The molecule has 28 heavy (non-hydrogen) atoms.